The second-order valence-corrected chi connectivity index (χ2v) is 6.57. The second kappa shape index (κ2) is 7.19. The van der Waals surface area contributed by atoms with Gasteiger partial charge in [0.1, 0.15) is 0 Å². The molecule has 116 valence electrons. The Bertz CT molecular complexity index is 619. The molecule has 7 nitrogen and oxygen atoms in total. The molecule has 0 saturated carbocycles. The monoisotopic (exact) mass is 312 g/mol. The predicted octanol–water partition coefficient (Wildman–Crippen LogP) is -0.324. The largest absolute Gasteiger partial charge is 0.370 e. The van der Waals surface area contributed by atoms with Crippen molar-refractivity contribution in [2.75, 3.05) is 6.54 Å². The van der Waals surface area contributed by atoms with Crippen molar-refractivity contribution in [1.82, 2.24) is 0 Å². The number of benzene rings is 1. The Morgan fingerprint density at radius 3 is 2.33 bits per heavy atom. The van der Waals surface area contributed by atoms with Crippen molar-refractivity contribution in [3.05, 3.63) is 29.8 Å². The molecule has 1 aromatic rings. The first kappa shape index (κ1) is 17.1. The zero-order chi connectivity index (χ0) is 16.0. The molecule has 0 bridgehead atoms. The van der Waals surface area contributed by atoms with Gasteiger partial charge in [0, 0.05) is 6.54 Å². The van der Waals surface area contributed by atoms with Crippen LogP contribution in [0.2, 0.25) is 0 Å². The highest BCUT2D eigenvalue weighted by atomic mass is 32.2. The zero-order valence-electron chi connectivity index (χ0n) is 11.8. The number of guanidine groups is 1. The Balaban J connectivity index is 2.72. The molecule has 0 aliphatic rings. The van der Waals surface area contributed by atoms with E-state index in [0.29, 0.717) is 13.0 Å². The lowest BCUT2D eigenvalue weighted by Gasteiger charge is -2.10. The zero-order valence-corrected chi connectivity index (χ0v) is 12.6. The van der Waals surface area contributed by atoms with Crippen molar-refractivity contribution in [3.8, 4) is 0 Å². The van der Waals surface area contributed by atoms with Crippen LogP contribution in [0.5, 0.6) is 0 Å². The Morgan fingerprint density at radius 1 is 1.24 bits per heavy atom. The fourth-order valence-corrected chi connectivity index (χ4v) is 2.91. The van der Waals surface area contributed by atoms with Gasteiger partial charge in [-0.15, -0.1) is 0 Å². The summed E-state index contributed by atoms with van der Waals surface area (Å²) in [4.78, 5) is 15.7. The van der Waals surface area contributed by atoms with Crippen LogP contribution in [0.25, 0.3) is 0 Å². The molecular formula is C13H20N4O3S. The van der Waals surface area contributed by atoms with E-state index in [4.69, 9.17) is 17.2 Å². The van der Waals surface area contributed by atoms with E-state index in [1.165, 1.54) is 12.1 Å². The average molecular weight is 312 g/mol. The van der Waals surface area contributed by atoms with Crippen molar-refractivity contribution in [2.45, 2.75) is 30.7 Å². The number of hydrogen-bond donors (Lipinski definition) is 3. The topological polar surface area (TPSA) is 142 Å². The number of nitrogens with zero attached hydrogens (tertiary/aromatic N) is 1. The Labute approximate surface area is 124 Å². The molecule has 0 aliphatic carbocycles. The number of carbonyl (C=O) groups excluding carboxylic acids is 1. The van der Waals surface area contributed by atoms with Gasteiger partial charge in [-0.3, -0.25) is 9.79 Å². The van der Waals surface area contributed by atoms with Gasteiger partial charge in [0.15, 0.2) is 5.96 Å². The minimum absolute atomic E-state index is 0.0437. The molecule has 0 amide bonds. The predicted molar refractivity (Wildman–Crippen MR) is 81.3 cm³/mol. The number of aryl methyl sites for hydroxylation is 1. The maximum absolute atomic E-state index is 12.1. The third-order valence-electron chi connectivity index (χ3n) is 2.87. The van der Waals surface area contributed by atoms with Gasteiger partial charge >= 0.3 is 0 Å². The fraction of sp³-hybridized carbons (Fsp3) is 0.385. The molecule has 0 aliphatic heterocycles. The summed E-state index contributed by atoms with van der Waals surface area (Å²) in [5, 5.41) is -0.990. The smallest absolute Gasteiger partial charge is 0.267 e. The van der Waals surface area contributed by atoms with E-state index in [9.17, 15) is 13.2 Å². The summed E-state index contributed by atoms with van der Waals surface area (Å²) in [6.07, 6.45) is 0.620. The van der Waals surface area contributed by atoms with Crippen LogP contribution in [0, 0.1) is 6.92 Å². The number of carbonyl (C=O) groups is 1. The van der Waals surface area contributed by atoms with Crippen molar-refractivity contribution in [3.63, 3.8) is 0 Å². The molecule has 1 aromatic carbocycles. The Morgan fingerprint density at radius 2 is 1.81 bits per heavy atom. The van der Waals surface area contributed by atoms with E-state index >= 15 is 0 Å². The summed E-state index contributed by atoms with van der Waals surface area (Å²) in [5.41, 5.74) is 16.9. The molecule has 0 fully saturated rings. The van der Waals surface area contributed by atoms with Gasteiger partial charge < -0.3 is 17.2 Å². The highest BCUT2D eigenvalue weighted by Gasteiger charge is 2.29. The quantitative estimate of drug-likeness (QED) is 0.373. The van der Waals surface area contributed by atoms with Crippen LogP contribution < -0.4 is 17.2 Å². The molecule has 1 rings (SSSR count). The van der Waals surface area contributed by atoms with Crippen LogP contribution in [-0.4, -0.2) is 32.1 Å². The summed E-state index contributed by atoms with van der Waals surface area (Å²) in [5.74, 6) is -0.0535. The van der Waals surface area contributed by atoms with E-state index in [2.05, 4.69) is 4.99 Å². The van der Waals surface area contributed by atoms with Gasteiger partial charge in [-0.2, -0.15) is 0 Å². The number of rotatable bonds is 6. The molecule has 0 radical (unpaired) electrons. The Hall–Kier alpha value is -1.93. The molecule has 6 N–H and O–H groups in total. The minimum Gasteiger partial charge on any atom is -0.370 e. The second-order valence-electron chi connectivity index (χ2n) is 4.69. The summed E-state index contributed by atoms with van der Waals surface area (Å²) in [6.45, 7) is 2.13. The molecule has 8 heteroatoms. The van der Waals surface area contributed by atoms with Crippen LogP contribution in [0.3, 0.4) is 0 Å². The molecule has 21 heavy (non-hydrogen) atoms. The minimum atomic E-state index is -4.06. The highest BCUT2D eigenvalue weighted by Crippen LogP contribution is 2.15. The molecule has 0 aromatic heterocycles. The normalized spacial score (nSPS) is 12.7. The van der Waals surface area contributed by atoms with Crippen molar-refractivity contribution >= 4 is 20.9 Å². The van der Waals surface area contributed by atoms with E-state index in [-0.39, 0.29) is 17.3 Å². The Kier molecular flexibility index (Phi) is 5.86. The van der Waals surface area contributed by atoms with Crippen LogP contribution in [0.4, 0.5) is 0 Å². The van der Waals surface area contributed by atoms with Crippen molar-refractivity contribution < 1.29 is 13.2 Å². The molecule has 0 saturated heterocycles. The molecule has 0 heterocycles. The molecule has 0 spiro atoms. The van der Waals surface area contributed by atoms with Gasteiger partial charge in [0.2, 0.25) is 9.84 Å². The van der Waals surface area contributed by atoms with Crippen LogP contribution in [0.15, 0.2) is 34.2 Å². The third-order valence-corrected chi connectivity index (χ3v) is 4.59. The molecular weight excluding hydrogens is 292 g/mol. The van der Waals surface area contributed by atoms with Crippen molar-refractivity contribution in [1.29, 1.82) is 0 Å². The van der Waals surface area contributed by atoms with Crippen LogP contribution >= 0.6 is 0 Å². The highest BCUT2D eigenvalue weighted by molar-refractivity contribution is 8.06. The maximum atomic E-state index is 12.1. The summed E-state index contributed by atoms with van der Waals surface area (Å²) in [6, 6.07) is 4.96. The van der Waals surface area contributed by atoms with E-state index in [1.54, 1.807) is 12.1 Å². The first-order valence-electron chi connectivity index (χ1n) is 6.41. The lowest BCUT2D eigenvalue weighted by atomic mass is 10.2. The van der Waals surface area contributed by atoms with Crippen LogP contribution in [-0.2, 0) is 14.6 Å². The summed E-state index contributed by atoms with van der Waals surface area (Å²) >= 11 is 0. The average Bonchev–Trinajstić information content (AvgIpc) is 2.42. The lowest BCUT2D eigenvalue weighted by Crippen LogP contribution is -2.36. The van der Waals surface area contributed by atoms with Gasteiger partial charge in [0.05, 0.1) is 10.9 Å². The number of aliphatic imine (C=N–C) groups is 1. The number of nitrogens with two attached hydrogens (primary N) is 3. The van der Waals surface area contributed by atoms with Crippen molar-refractivity contribution in [2.24, 2.45) is 22.2 Å². The lowest BCUT2D eigenvalue weighted by molar-refractivity contribution is -0.113. The van der Waals surface area contributed by atoms with Gasteiger partial charge in [-0.05, 0) is 31.9 Å². The van der Waals surface area contributed by atoms with E-state index in [1.807, 2.05) is 6.92 Å². The van der Waals surface area contributed by atoms with E-state index < -0.39 is 21.0 Å². The number of sulfone groups is 1. The summed E-state index contributed by atoms with van der Waals surface area (Å²) < 4.78 is 24.3. The third kappa shape index (κ3) is 4.83. The maximum Gasteiger partial charge on any atom is 0.267 e. The first-order chi connectivity index (χ1) is 9.75. The van der Waals surface area contributed by atoms with Gasteiger partial charge in [-0.1, -0.05) is 17.7 Å². The molecule has 1 atom stereocenters. The fourth-order valence-electron chi connectivity index (χ4n) is 1.67. The molecule has 0 unspecified atom stereocenters. The summed E-state index contributed by atoms with van der Waals surface area (Å²) in [7, 11) is -4.06. The van der Waals surface area contributed by atoms with Gasteiger partial charge in [-0.25, -0.2) is 8.42 Å². The SMILES string of the molecule is Cc1ccc(S(=O)(=O)C(=O)[C@H](N)CCCN=C(N)N)cc1. The van der Waals surface area contributed by atoms with E-state index in [0.717, 1.165) is 5.56 Å². The standard InChI is InChI=1S/C13H20N4O3S/c1-9-4-6-10(7-5-9)21(19,20)12(18)11(14)3-2-8-17-13(15)16/h4-7,11H,2-3,8,14H2,1H3,(H4,15,16,17)/t11-/m1/s1. The van der Waals surface area contributed by atoms with Gasteiger partial charge in [0.25, 0.3) is 5.12 Å². The number of hydrogen-bond acceptors (Lipinski definition) is 5. The first-order valence-corrected chi connectivity index (χ1v) is 7.90. The van der Waals surface area contributed by atoms with Crippen LogP contribution in [0.1, 0.15) is 18.4 Å².